The fourth-order valence-electron chi connectivity index (χ4n) is 3.99. The molecule has 0 aliphatic heterocycles. The highest BCUT2D eigenvalue weighted by molar-refractivity contribution is 6.07. The number of rotatable bonds is 5. The highest BCUT2D eigenvalue weighted by atomic mass is 16.5. The van der Waals surface area contributed by atoms with Crippen molar-refractivity contribution >= 4 is 40.5 Å². The molecule has 3 N–H and O–H groups in total. The van der Waals surface area contributed by atoms with Gasteiger partial charge in [0.2, 0.25) is 0 Å². The number of hydrogen-bond acceptors (Lipinski definition) is 6. The van der Waals surface area contributed by atoms with Crippen LogP contribution >= 0.6 is 0 Å². The monoisotopic (exact) mass is 445 g/mol. The van der Waals surface area contributed by atoms with Crippen LogP contribution in [0.4, 0.5) is 4.79 Å². The van der Waals surface area contributed by atoms with E-state index >= 15 is 0 Å². The summed E-state index contributed by atoms with van der Waals surface area (Å²) in [5.41, 5.74) is 9.56. The van der Waals surface area contributed by atoms with E-state index in [0.29, 0.717) is 22.9 Å². The minimum absolute atomic E-state index is 0.391. The number of benzene rings is 2. The molecule has 0 spiro atoms. The summed E-state index contributed by atoms with van der Waals surface area (Å²) in [6.07, 6.45) is 4.39. The molecule has 1 aromatic heterocycles. The Morgan fingerprint density at radius 1 is 1.09 bits per heavy atom. The van der Waals surface area contributed by atoms with E-state index in [4.69, 9.17) is 20.2 Å². The van der Waals surface area contributed by atoms with Crippen molar-refractivity contribution < 1.29 is 23.9 Å². The molecule has 0 atom stereocenters. The molecule has 0 bridgehead atoms. The third kappa shape index (κ3) is 4.85. The number of allylic oxidation sites excluding steroid dienone is 1. The maximum Gasteiger partial charge on any atom is 0.339 e. The molecule has 1 aliphatic carbocycles. The number of nitrogens with two attached hydrogens (primary N) is 1. The van der Waals surface area contributed by atoms with Crippen molar-refractivity contribution in [2.24, 2.45) is 5.73 Å². The molecule has 3 amide bonds. The number of hydrogen-bond donors (Lipinski definition) is 2. The smallest absolute Gasteiger partial charge is 0.339 e. The Hall–Kier alpha value is -4.20. The molecule has 0 radical (unpaired) electrons. The van der Waals surface area contributed by atoms with Gasteiger partial charge in [-0.15, -0.1) is 0 Å². The van der Waals surface area contributed by atoms with Gasteiger partial charge in [-0.25, -0.2) is 14.6 Å². The minimum atomic E-state index is -1.00. The van der Waals surface area contributed by atoms with Crippen LogP contribution in [0, 0.1) is 0 Å². The van der Waals surface area contributed by atoms with Crippen LogP contribution in [-0.4, -0.2) is 36.6 Å². The number of nitrogens with one attached hydrogen (secondary N) is 1. The molecule has 0 saturated carbocycles. The van der Waals surface area contributed by atoms with Crippen molar-refractivity contribution in [3.8, 4) is 5.75 Å². The summed E-state index contributed by atoms with van der Waals surface area (Å²) >= 11 is 0. The van der Waals surface area contributed by atoms with E-state index in [-0.39, 0.29) is 0 Å². The molecule has 168 valence electrons. The van der Waals surface area contributed by atoms with Crippen LogP contribution in [0.1, 0.15) is 40.0 Å². The number of para-hydroxylation sites is 1. The topological polar surface area (TPSA) is 121 Å². The summed E-state index contributed by atoms with van der Waals surface area (Å²) in [5.74, 6) is -0.658. The highest BCUT2D eigenvalue weighted by Crippen LogP contribution is 2.36. The number of carbonyl (C=O) groups is 3. The Kier molecular flexibility index (Phi) is 6.35. The number of esters is 1. The number of amides is 3. The Bertz CT molecular complexity index is 1270. The Balaban J connectivity index is 1.75. The average molecular weight is 445 g/mol. The molecule has 4 rings (SSSR count). The van der Waals surface area contributed by atoms with E-state index < -0.39 is 24.5 Å². The second-order valence-electron chi connectivity index (χ2n) is 7.62. The second-order valence-corrected chi connectivity index (χ2v) is 7.62. The summed E-state index contributed by atoms with van der Waals surface area (Å²) in [6, 6.07) is 14.0. The summed E-state index contributed by atoms with van der Waals surface area (Å²) in [4.78, 5) is 40.5. The Morgan fingerprint density at radius 2 is 1.85 bits per heavy atom. The van der Waals surface area contributed by atoms with Crippen LogP contribution in [0.25, 0.3) is 22.6 Å². The number of urea groups is 1. The van der Waals surface area contributed by atoms with Gasteiger partial charge < -0.3 is 15.2 Å². The largest absolute Gasteiger partial charge is 0.497 e. The summed E-state index contributed by atoms with van der Waals surface area (Å²) in [7, 11) is 1.62. The normalized spacial score (nSPS) is 13.9. The van der Waals surface area contributed by atoms with Crippen LogP contribution in [0.2, 0.25) is 0 Å². The molecule has 8 heteroatoms. The molecule has 8 nitrogen and oxygen atoms in total. The number of ether oxygens (including phenoxy) is 2. The molecule has 3 aromatic rings. The van der Waals surface area contributed by atoms with Gasteiger partial charge in [0, 0.05) is 5.39 Å². The van der Waals surface area contributed by atoms with Crippen molar-refractivity contribution in [3.63, 3.8) is 0 Å². The van der Waals surface area contributed by atoms with Crippen molar-refractivity contribution in [2.45, 2.75) is 19.3 Å². The maximum atomic E-state index is 13.1. The Morgan fingerprint density at radius 3 is 2.58 bits per heavy atom. The zero-order valence-electron chi connectivity index (χ0n) is 18.1. The molecule has 1 heterocycles. The number of fused-ring (bicyclic) bond motifs is 2. The minimum Gasteiger partial charge on any atom is -0.497 e. The van der Waals surface area contributed by atoms with Crippen LogP contribution in [0.5, 0.6) is 5.75 Å². The summed E-state index contributed by atoms with van der Waals surface area (Å²) in [5, 5.41) is 2.54. The van der Waals surface area contributed by atoms with E-state index in [2.05, 4.69) is 6.08 Å². The average Bonchev–Trinajstić information content (AvgIpc) is 2.81. The first-order valence-corrected chi connectivity index (χ1v) is 10.5. The van der Waals surface area contributed by atoms with Gasteiger partial charge in [-0.1, -0.05) is 30.3 Å². The molecular weight excluding hydrogens is 422 g/mol. The number of aromatic nitrogens is 1. The van der Waals surface area contributed by atoms with Crippen molar-refractivity contribution in [2.75, 3.05) is 13.7 Å². The quantitative estimate of drug-likeness (QED) is 0.580. The molecule has 0 unspecified atom stereocenters. The predicted octanol–water partition coefficient (Wildman–Crippen LogP) is 3.47. The standard InChI is InChI=1S/C25H23N3O5/c1-32-17-11-9-15(10-12-17)13-16-5-4-7-19-22(24(30)33-14-21(29)28-25(26)31)18-6-2-3-8-20(18)27-23(16)19/h2-3,6,8-13H,4-5,7,14H2,1H3,(H3,26,28,29,31)/b16-13-. The highest BCUT2D eigenvalue weighted by Gasteiger charge is 2.26. The number of primary amides is 1. The maximum absolute atomic E-state index is 13.1. The molecule has 33 heavy (non-hydrogen) atoms. The fraction of sp³-hybridized carbons (Fsp3) is 0.200. The first-order chi connectivity index (χ1) is 16.0. The van der Waals surface area contributed by atoms with E-state index in [0.717, 1.165) is 41.0 Å². The number of nitrogens with zero attached hydrogens (tertiary/aromatic N) is 1. The molecule has 1 aliphatic rings. The third-order valence-corrected chi connectivity index (χ3v) is 5.43. The SMILES string of the molecule is COc1ccc(/C=C2/CCCc3c2nc2ccccc2c3C(=O)OCC(=O)NC(N)=O)cc1. The third-order valence-electron chi connectivity index (χ3n) is 5.43. The zero-order chi connectivity index (χ0) is 23.4. The second kappa shape index (κ2) is 9.52. The van der Waals surface area contributed by atoms with Crippen molar-refractivity contribution in [1.29, 1.82) is 0 Å². The first-order valence-electron chi connectivity index (χ1n) is 10.5. The lowest BCUT2D eigenvalue weighted by Crippen LogP contribution is -2.37. The first kappa shape index (κ1) is 22.0. The molecular formula is C25H23N3O5. The van der Waals surface area contributed by atoms with Gasteiger partial charge in [0.05, 0.1) is 23.9 Å². The van der Waals surface area contributed by atoms with Gasteiger partial charge in [-0.3, -0.25) is 10.1 Å². The zero-order valence-corrected chi connectivity index (χ0v) is 18.1. The van der Waals surface area contributed by atoms with E-state index in [1.165, 1.54) is 0 Å². The van der Waals surface area contributed by atoms with Gasteiger partial charge in [0.25, 0.3) is 5.91 Å². The van der Waals surface area contributed by atoms with Gasteiger partial charge in [0.1, 0.15) is 5.75 Å². The van der Waals surface area contributed by atoms with Gasteiger partial charge in [-0.05, 0) is 60.2 Å². The number of imide groups is 1. The molecule has 0 fully saturated rings. The van der Waals surface area contributed by atoms with Crippen LogP contribution < -0.4 is 15.8 Å². The van der Waals surface area contributed by atoms with Gasteiger partial charge >= 0.3 is 12.0 Å². The predicted molar refractivity (Wildman–Crippen MR) is 124 cm³/mol. The van der Waals surface area contributed by atoms with Gasteiger partial charge in [-0.2, -0.15) is 0 Å². The van der Waals surface area contributed by atoms with Crippen LogP contribution in [-0.2, 0) is 16.0 Å². The van der Waals surface area contributed by atoms with E-state index in [9.17, 15) is 14.4 Å². The van der Waals surface area contributed by atoms with Gasteiger partial charge in [0.15, 0.2) is 6.61 Å². The van der Waals surface area contributed by atoms with Crippen LogP contribution in [0.15, 0.2) is 48.5 Å². The lowest BCUT2D eigenvalue weighted by atomic mass is 9.86. The van der Waals surface area contributed by atoms with E-state index in [1.807, 2.05) is 53.8 Å². The lowest BCUT2D eigenvalue weighted by molar-refractivity contribution is -0.123. The van der Waals surface area contributed by atoms with Crippen molar-refractivity contribution in [1.82, 2.24) is 10.3 Å². The van der Waals surface area contributed by atoms with Crippen LogP contribution in [0.3, 0.4) is 0 Å². The number of pyridine rings is 1. The summed E-state index contributed by atoms with van der Waals surface area (Å²) in [6.45, 7) is -0.609. The Labute approximate surface area is 190 Å². The number of carbonyl (C=O) groups excluding carboxylic acids is 3. The number of methoxy groups -OCH3 is 1. The van der Waals surface area contributed by atoms with Crippen molar-refractivity contribution in [3.05, 3.63) is 70.9 Å². The molecule has 2 aromatic carbocycles. The lowest BCUT2D eigenvalue weighted by Gasteiger charge is -2.22. The summed E-state index contributed by atoms with van der Waals surface area (Å²) < 4.78 is 10.5. The fourth-order valence-corrected chi connectivity index (χ4v) is 3.99. The molecule has 0 saturated heterocycles. The van der Waals surface area contributed by atoms with E-state index in [1.54, 1.807) is 7.11 Å².